The first-order valence-electron chi connectivity index (χ1n) is 10.2. The summed E-state index contributed by atoms with van der Waals surface area (Å²) in [6, 6.07) is 14.3. The van der Waals surface area contributed by atoms with Gasteiger partial charge in [0.05, 0.1) is 30.3 Å². The van der Waals surface area contributed by atoms with Crippen molar-refractivity contribution in [3.8, 4) is 11.4 Å². The minimum Gasteiger partial charge on any atom is -0.497 e. The largest absolute Gasteiger partial charge is 0.497 e. The molecule has 2 aromatic carbocycles. The van der Waals surface area contributed by atoms with Crippen molar-refractivity contribution in [2.24, 2.45) is 5.41 Å². The third-order valence-electron chi connectivity index (χ3n) is 6.39. The molecule has 156 valence electrons. The van der Waals surface area contributed by atoms with Crippen LogP contribution in [-0.4, -0.2) is 27.6 Å². The number of benzene rings is 2. The molecule has 1 heterocycles. The summed E-state index contributed by atoms with van der Waals surface area (Å²) in [6.45, 7) is 4.00. The van der Waals surface area contributed by atoms with Crippen LogP contribution in [0.2, 0.25) is 0 Å². The average molecular weight is 407 g/mol. The van der Waals surface area contributed by atoms with Crippen LogP contribution in [0, 0.1) is 11.2 Å². The zero-order chi connectivity index (χ0) is 21.4. The van der Waals surface area contributed by atoms with Crippen LogP contribution in [0.3, 0.4) is 0 Å². The SMILES string of the molecule is COc1cccc(CCC(C)(O)C2(C)C=Cc3c(cnn3-c3ccc(F)cc3)C2)c1. The second-order valence-electron chi connectivity index (χ2n) is 8.50. The Balaban J connectivity index is 1.53. The Bertz CT molecular complexity index is 1070. The molecule has 0 bridgehead atoms. The number of ether oxygens (including phenoxy) is 1. The Morgan fingerprint density at radius 1 is 1.23 bits per heavy atom. The van der Waals surface area contributed by atoms with Crippen molar-refractivity contribution in [1.29, 1.82) is 0 Å². The predicted octanol–water partition coefficient (Wildman–Crippen LogP) is 4.98. The van der Waals surface area contributed by atoms with Crippen LogP contribution in [0.15, 0.2) is 60.8 Å². The molecule has 0 aliphatic heterocycles. The van der Waals surface area contributed by atoms with E-state index in [0.717, 1.165) is 34.7 Å². The van der Waals surface area contributed by atoms with Crippen LogP contribution in [0.4, 0.5) is 4.39 Å². The minimum absolute atomic E-state index is 0.269. The number of aromatic nitrogens is 2. The Morgan fingerprint density at radius 3 is 2.73 bits per heavy atom. The highest BCUT2D eigenvalue weighted by atomic mass is 19.1. The van der Waals surface area contributed by atoms with Gasteiger partial charge in [0.25, 0.3) is 0 Å². The van der Waals surface area contributed by atoms with E-state index in [2.05, 4.69) is 24.2 Å². The van der Waals surface area contributed by atoms with Gasteiger partial charge in [-0.25, -0.2) is 9.07 Å². The maximum absolute atomic E-state index is 13.3. The van der Waals surface area contributed by atoms with Gasteiger partial charge in [-0.3, -0.25) is 0 Å². The topological polar surface area (TPSA) is 47.3 Å². The number of hydrogen-bond donors (Lipinski definition) is 1. The van der Waals surface area contributed by atoms with Crippen LogP contribution in [-0.2, 0) is 12.8 Å². The monoisotopic (exact) mass is 406 g/mol. The van der Waals surface area contributed by atoms with Gasteiger partial charge < -0.3 is 9.84 Å². The second kappa shape index (κ2) is 7.73. The van der Waals surface area contributed by atoms with Crippen LogP contribution < -0.4 is 4.74 Å². The van der Waals surface area contributed by atoms with Gasteiger partial charge in [0.15, 0.2) is 0 Å². The van der Waals surface area contributed by atoms with E-state index in [-0.39, 0.29) is 5.82 Å². The van der Waals surface area contributed by atoms with E-state index in [4.69, 9.17) is 4.74 Å². The first-order chi connectivity index (χ1) is 14.3. The van der Waals surface area contributed by atoms with Gasteiger partial charge in [-0.05, 0) is 79.8 Å². The maximum atomic E-state index is 13.3. The zero-order valence-corrected chi connectivity index (χ0v) is 17.6. The summed E-state index contributed by atoms with van der Waals surface area (Å²) in [6.07, 6.45) is 8.03. The summed E-state index contributed by atoms with van der Waals surface area (Å²) < 4.78 is 20.4. The molecule has 4 nitrogen and oxygen atoms in total. The molecule has 3 aromatic rings. The molecule has 0 saturated carbocycles. The lowest BCUT2D eigenvalue weighted by molar-refractivity contribution is -0.0414. The van der Waals surface area contributed by atoms with Crippen molar-refractivity contribution in [3.63, 3.8) is 0 Å². The number of aryl methyl sites for hydroxylation is 1. The summed E-state index contributed by atoms with van der Waals surface area (Å²) in [5.41, 5.74) is 2.68. The standard InChI is InChI=1S/C25H27FN2O2/c1-24(25(2,29)14-11-18-5-4-6-22(15-18)30-3)13-12-23-19(16-24)17-27-28(23)21-9-7-20(26)8-10-21/h4-10,12-13,15,17,29H,11,14,16H2,1-3H3. The lowest BCUT2D eigenvalue weighted by Gasteiger charge is -2.42. The maximum Gasteiger partial charge on any atom is 0.123 e. The van der Waals surface area contributed by atoms with Crippen LogP contribution in [0.5, 0.6) is 5.75 Å². The lowest BCUT2D eigenvalue weighted by Crippen LogP contribution is -2.45. The Kier molecular flexibility index (Phi) is 5.24. The van der Waals surface area contributed by atoms with Gasteiger partial charge in [-0.2, -0.15) is 5.10 Å². The van der Waals surface area contributed by atoms with Crippen LogP contribution >= 0.6 is 0 Å². The Morgan fingerprint density at radius 2 is 2.00 bits per heavy atom. The number of halogens is 1. The summed E-state index contributed by atoms with van der Waals surface area (Å²) in [5.74, 6) is 0.559. The van der Waals surface area contributed by atoms with E-state index in [0.29, 0.717) is 12.8 Å². The molecule has 2 unspecified atom stereocenters. The third-order valence-corrected chi connectivity index (χ3v) is 6.39. The Labute approximate surface area is 176 Å². The predicted molar refractivity (Wildman–Crippen MR) is 116 cm³/mol. The summed E-state index contributed by atoms with van der Waals surface area (Å²) in [7, 11) is 1.66. The molecule has 0 spiro atoms. The van der Waals surface area contributed by atoms with Gasteiger partial charge in [0, 0.05) is 5.41 Å². The molecule has 0 fully saturated rings. The molecule has 0 radical (unpaired) electrons. The fourth-order valence-corrected chi connectivity index (χ4v) is 4.08. The molecule has 0 saturated heterocycles. The fraction of sp³-hybridized carbons (Fsp3) is 0.320. The quantitative estimate of drug-likeness (QED) is 0.628. The number of fused-ring (bicyclic) bond motifs is 1. The van der Waals surface area contributed by atoms with Crippen molar-refractivity contribution >= 4 is 6.08 Å². The van der Waals surface area contributed by atoms with E-state index < -0.39 is 11.0 Å². The average Bonchev–Trinajstić information content (AvgIpc) is 3.15. The number of hydrogen-bond acceptors (Lipinski definition) is 3. The van der Waals surface area contributed by atoms with Crippen LogP contribution in [0.1, 0.15) is 37.1 Å². The van der Waals surface area contributed by atoms with Gasteiger partial charge in [0.2, 0.25) is 0 Å². The van der Waals surface area contributed by atoms with Crippen LogP contribution in [0.25, 0.3) is 11.8 Å². The van der Waals surface area contributed by atoms with Crippen molar-refractivity contribution in [3.05, 3.63) is 83.4 Å². The summed E-state index contributed by atoms with van der Waals surface area (Å²) >= 11 is 0. The first kappa shape index (κ1) is 20.4. The summed E-state index contributed by atoms with van der Waals surface area (Å²) in [5, 5.41) is 15.9. The molecule has 4 rings (SSSR count). The number of methoxy groups -OCH3 is 1. The molecule has 1 aliphatic rings. The number of nitrogens with zero attached hydrogens (tertiary/aromatic N) is 2. The Hall–Kier alpha value is -2.92. The number of rotatable bonds is 6. The van der Waals surface area contributed by atoms with Crippen molar-refractivity contribution < 1.29 is 14.2 Å². The highest BCUT2D eigenvalue weighted by molar-refractivity contribution is 5.57. The molecule has 2 atom stereocenters. The smallest absolute Gasteiger partial charge is 0.123 e. The van der Waals surface area contributed by atoms with E-state index in [1.54, 1.807) is 19.2 Å². The summed E-state index contributed by atoms with van der Waals surface area (Å²) in [4.78, 5) is 0. The molecule has 5 heteroatoms. The highest BCUT2D eigenvalue weighted by Crippen LogP contribution is 2.43. The second-order valence-corrected chi connectivity index (χ2v) is 8.50. The zero-order valence-electron chi connectivity index (χ0n) is 17.6. The molecule has 1 aromatic heterocycles. The van der Waals surface area contributed by atoms with E-state index in [9.17, 15) is 9.50 Å². The molecule has 30 heavy (non-hydrogen) atoms. The molecule has 1 N–H and O–H groups in total. The van der Waals surface area contributed by atoms with Crippen molar-refractivity contribution in [1.82, 2.24) is 9.78 Å². The first-order valence-corrected chi connectivity index (χ1v) is 10.2. The molecular formula is C25H27FN2O2. The van der Waals surface area contributed by atoms with E-state index in [1.165, 1.54) is 12.1 Å². The number of aliphatic hydroxyl groups is 1. The normalized spacial score (nSPS) is 19.9. The van der Waals surface area contributed by atoms with Gasteiger partial charge in [-0.15, -0.1) is 0 Å². The highest BCUT2D eigenvalue weighted by Gasteiger charge is 2.43. The molecule has 1 aliphatic carbocycles. The third kappa shape index (κ3) is 3.77. The molecule has 0 amide bonds. The van der Waals surface area contributed by atoms with Crippen molar-refractivity contribution in [2.45, 2.75) is 38.7 Å². The van der Waals surface area contributed by atoms with Gasteiger partial charge in [-0.1, -0.05) is 25.1 Å². The van der Waals surface area contributed by atoms with Gasteiger partial charge >= 0.3 is 0 Å². The van der Waals surface area contributed by atoms with Gasteiger partial charge in [0.1, 0.15) is 11.6 Å². The lowest BCUT2D eigenvalue weighted by atomic mass is 9.66. The molecular weight excluding hydrogens is 379 g/mol. The van der Waals surface area contributed by atoms with Crippen molar-refractivity contribution in [2.75, 3.05) is 7.11 Å². The van der Waals surface area contributed by atoms with E-state index in [1.807, 2.05) is 42.1 Å². The van der Waals surface area contributed by atoms with E-state index >= 15 is 0 Å². The minimum atomic E-state index is -0.901. The fourth-order valence-electron chi connectivity index (χ4n) is 4.08.